The fourth-order valence-corrected chi connectivity index (χ4v) is 3.53. The van der Waals surface area contributed by atoms with Gasteiger partial charge in [-0.1, -0.05) is 22.9 Å². The lowest BCUT2D eigenvalue weighted by atomic mass is 10.2. The summed E-state index contributed by atoms with van der Waals surface area (Å²) in [6.45, 7) is 1.92. The zero-order valence-electron chi connectivity index (χ0n) is 11.3. The summed E-state index contributed by atoms with van der Waals surface area (Å²) in [6.07, 6.45) is 2.05. The summed E-state index contributed by atoms with van der Waals surface area (Å²) in [5.41, 5.74) is 0.373. The molecule has 0 spiro atoms. The van der Waals surface area contributed by atoms with Crippen molar-refractivity contribution in [2.24, 2.45) is 0 Å². The van der Waals surface area contributed by atoms with Gasteiger partial charge in [0.25, 0.3) is 0 Å². The molecule has 0 fully saturated rings. The molecule has 0 atom stereocenters. The van der Waals surface area contributed by atoms with Gasteiger partial charge >= 0.3 is 5.97 Å². The Morgan fingerprint density at radius 2 is 2.18 bits per heavy atom. The molecule has 1 aromatic heterocycles. The highest BCUT2D eigenvalue weighted by Crippen LogP contribution is 2.35. The van der Waals surface area contributed by atoms with Gasteiger partial charge in [0, 0.05) is 16.5 Å². The molecule has 0 unspecified atom stereocenters. The molecule has 22 heavy (non-hydrogen) atoms. The predicted octanol–water partition coefficient (Wildman–Crippen LogP) is 3.82. The molecule has 9 heteroatoms. The Bertz CT molecular complexity index is 746. The largest absolute Gasteiger partial charge is 0.506 e. The van der Waals surface area contributed by atoms with Crippen LogP contribution in [0.4, 0.5) is 0 Å². The van der Waals surface area contributed by atoms with Gasteiger partial charge in [-0.15, -0.1) is 5.10 Å². The van der Waals surface area contributed by atoms with Crippen LogP contribution in [0.3, 0.4) is 0 Å². The first-order valence-corrected chi connectivity index (χ1v) is 8.53. The lowest BCUT2D eigenvalue weighted by Gasteiger charge is -2.05. The van der Waals surface area contributed by atoms with Crippen LogP contribution in [0.2, 0.25) is 0 Å². The molecule has 2 rings (SSSR count). The summed E-state index contributed by atoms with van der Waals surface area (Å²) in [5.74, 6) is -0.476. The Morgan fingerprint density at radius 1 is 1.45 bits per heavy atom. The smallest absolute Gasteiger partial charge is 0.342 e. The number of aromatic nitrogens is 3. The van der Waals surface area contributed by atoms with Crippen molar-refractivity contribution in [1.29, 1.82) is 0 Å². The van der Waals surface area contributed by atoms with Crippen LogP contribution in [0.15, 0.2) is 31.1 Å². The fraction of sp³-hybridized carbons (Fsp3) is 0.154. The van der Waals surface area contributed by atoms with Crippen LogP contribution in [-0.2, 0) is 11.2 Å². The van der Waals surface area contributed by atoms with Crippen molar-refractivity contribution in [3.05, 3.63) is 37.4 Å². The second kappa shape index (κ2) is 7.30. The quantitative estimate of drug-likeness (QED) is 0.475. The number of halogens is 2. The van der Waals surface area contributed by atoms with Gasteiger partial charge in [-0.05, 0) is 45.9 Å². The summed E-state index contributed by atoms with van der Waals surface area (Å²) in [4.78, 5) is 15.6. The van der Waals surface area contributed by atoms with Crippen LogP contribution in [0.25, 0.3) is 6.08 Å². The number of phenolic OH excluding ortho intramolecular Hbond substituents is 1. The maximum atomic E-state index is 11.4. The average Bonchev–Trinajstić information content (AvgIpc) is 2.91. The van der Waals surface area contributed by atoms with Gasteiger partial charge in [0.2, 0.25) is 5.16 Å². The van der Waals surface area contributed by atoms with E-state index in [0.29, 0.717) is 31.9 Å². The number of aliphatic carboxylic acids is 1. The maximum absolute atomic E-state index is 11.4. The summed E-state index contributed by atoms with van der Waals surface area (Å²) in [7, 11) is 0. The second-order valence-corrected chi connectivity index (χ2v) is 6.94. The Hall–Kier alpha value is -1.32. The van der Waals surface area contributed by atoms with Gasteiger partial charge in [-0.3, -0.25) is 5.10 Å². The van der Waals surface area contributed by atoms with E-state index in [2.05, 4.69) is 47.0 Å². The first kappa shape index (κ1) is 17.0. The van der Waals surface area contributed by atoms with Crippen molar-refractivity contribution in [1.82, 2.24) is 15.2 Å². The minimum Gasteiger partial charge on any atom is -0.506 e. The maximum Gasteiger partial charge on any atom is 0.342 e. The van der Waals surface area contributed by atoms with Crippen molar-refractivity contribution < 1.29 is 15.0 Å². The Kier molecular flexibility index (Phi) is 5.65. The molecular weight excluding hydrogens is 438 g/mol. The van der Waals surface area contributed by atoms with Crippen molar-refractivity contribution in [3.63, 3.8) is 0 Å². The van der Waals surface area contributed by atoms with E-state index in [9.17, 15) is 15.0 Å². The van der Waals surface area contributed by atoms with Crippen LogP contribution < -0.4 is 0 Å². The van der Waals surface area contributed by atoms with Gasteiger partial charge < -0.3 is 10.2 Å². The zero-order chi connectivity index (χ0) is 16.3. The number of aromatic amines is 1. The van der Waals surface area contributed by atoms with Crippen molar-refractivity contribution in [2.45, 2.75) is 18.5 Å². The number of thioether (sulfide) groups is 1. The third-order valence-electron chi connectivity index (χ3n) is 2.60. The Morgan fingerprint density at radius 3 is 2.77 bits per heavy atom. The van der Waals surface area contributed by atoms with E-state index in [4.69, 9.17) is 0 Å². The summed E-state index contributed by atoms with van der Waals surface area (Å²) in [6, 6.07) is 3.29. The van der Waals surface area contributed by atoms with E-state index in [1.807, 2.05) is 6.92 Å². The minimum absolute atomic E-state index is 0.00181. The number of nitrogens with zero attached hydrogens (tertiary/aromatic N) is 2. The zero-order valence-corrected chi connectivity index (χ0v) is 15.3. The van der Waals surface area contributed by atoms with Gasteiger partial charge in [-0.25, -0.2) is 9.78 Å². The molecule has 0 bridgehead atoms. The van der Waals surface area contributed by atoms with Crippen LogP contribution in [-0.4, -0.2) is 31.4 Å². The minimum atomic E-state index is -1.12. The van der Waals surface area contributed by atoms with Gasteiger partial charge in [-0.2, -0.15) is 0 Å². The number of nitrogens with one attached hydrogen (secondary N) is 1. The van der Waals surface area contributed by atoms with Crippen LogP contribution in [0, 0.1) is 0 Å². The lowest BCUT2D eigenvalue weighted by Crippen LogP contribution is -1.97. The normalized spacial score (nSPS) is 11.7. The number of carbonyl (C=O) groups is 1. The molecule has 6 nitrogen and oxygen atoms in total. The Balaban J connectivity index is 2.37. The van der Waals surface area contributed by atoms with Crippen molar-refractivity contribution >= 4 is 55.7 Å². The van der Waals surface area contributed by atoms with E-state index in [0.717, 1.165) is 11.8 Å². The van der Waals surface area contributed by atoms with E-state index in [1.165, 1.54) is 6.08 Å². The van der Waals surface area contributed by atoms with Crippen molar-refractivity contribution in [2.75, 3.05) is 0 Å². The SMILES string of the molecule is CCc1nc(S/C(=C\c2cc(Br)cc(Br)c2O)C(=O)O)n[nH]1. The summed E-state index contributed by atoms with van der Waals surface area (Å²) < 4.78 is 1.18. The summed E-state index contributed by atoms with van der Waals surface area (Å²) in [5, 5.41) is 26.3. The number of aromatic hydroxyl groups is 1. The highest BCUT2D eigenvalue weighted by atomic mass is 79.9. The molecule has 116 valence electrons. The molecule has 1 heterocycles. The Labute approximate surface area is 147 Å². The molecule has 0 aliphatic carbocycles. The first-order valence-electron chi connectivity index (χ1n) is 6.12. The van der Waals surface area contributed by atoms with Gasteiger partial charge in [0.15, 0.2) is 0 Å². The molecule has 0 aliphatic heterocycles. The number of H-pyrrole nitrogens is 1. The van der Waals surface area contributed by atoms with E-state index >= 15 is 0 Å². The number of carboxylic acid groups (broad SMARTS) is 1. The molecule has 1 aromatic carbocycles. The molecule has 0 radical (unpaired) electrons. The van der Waals surface area contributed by atoms with Gasteiger partial charge in [0.05, 0.1) is 4.47 Å². The molecule has 0 aliphatic rings. The average molecular weight is 449 g/mol. The summed E-state index contributed by atoms with van der Waals surface area (Å²) >= 11 is 7.42. The van der Waals surface area contributed by atoms with E-state index in [-0.39, 0.29) is 10.7 Å². The predicted molar refractivity (Wildman–Crippen MR) is 90.7 cm³/mol. The standard InChI is InChI=1S/C13H11Br2N3O3S/c1-2-10-16-13(18-17-10)22-9(12(20)21)4-6-3-7(14)5-8(15)11(6)19/h3-5,19H,2H2,1H3,(H,20,21)(H,16,17,18)/b9-4-. The fourth-order valence-electron chi connectivity index (χ4n) is 1.55. The number of benzene rings is 1. The number of phenols is 1. The first-order chi connectivity index (χ1) is 10.4. The van der Waals surface area contributed by atoms with Crippen LogP contribution in [0.1, 0.15) is 18.3 Å². The number of aryl methyl sites for hydroxylation is 1. The number of rotatable bonds is 5. The highest BCUT2D eigenvalue weighted by Gasteiger charge is 2.15. The molecule has 0 saturated heterocycles. The lowest BCUT2D eigenvalue weighted by molar-refractivity contribution is -0.131. The van der Waals surface area contributed by atoms with Gasteiger partial charge in [0.1, 0.15) is 16.5 Å². The molecule has 3 N–H and O–H groups in total. The highest BCUT2D eigenvalue weighted by molar-refractivity contribution is 9.11. The van der Waals surface area contributed by atoms with E-state index in [1.54, 1.807) is 12.1 Å². The third-order valence-corrected chi connectivity index (χ3v) is 4.54. The molecule has 0 amide bonds. The monoisotopic (exact) mass is 447 g/mol. The topological polar surface area (TPSA) is 99.1 Å². The third kappa shape index (κ3) is 4.11. The van der Waals surface area contributed by atoms with Crippen molar-refractivity contribution in [3.8, 4) is 5.75 Å². The number of carboxylic acids is 1. The van der Waals surface area contributed by atoms with Crippen LogP contribution >= 0.6 is 43.6 Å². The molecular formula is C13H11Br2N3O3S. The van der Waals surface area contributed by atoms with E-state index < -0.39 is 5.97 Å². The molecule has 0 saturated carbocycles. The second-order valence-electron chi connectivity index (χ2n) is 4.16. The number of hydrogen-bond donors (Lipinski definition) is 3. The van der Waals surface area contributed by atoms with Crippen LogP contribution in [0.5, 0.6) is 5.75 Å². The molecule has 2 aromatic rings. The number of hydrogen-bond acceptors (Lipinski definition) is 5.